The van der Waals surface area contributed by atoms with Crippen molar-refractivity contribution >= 4 is 5.91 Å². The molecule has 1 saturated carbocycles. The van der Waals surface area contributed by atoms with E-state index in [1.807, 2.05) is 4.90 Å². The standard InChI is InChI=1S/C9H16N2O/c1-6(12)11-5-7-2-3-8(11)4-9(7)10/h7-9H,2-5,10H2,1H3. The van der Waals surface area contributed by atoms with Gasteiger partial charge >= 0.3 is 0 Å². The molecule has 2 heterocycles. The average molecular weight is 168 g/mol. The van der Waals surface area contributed by atoms with E-state index in [1.165, 1.54) is 6.42 Å². The van der Waals surface area contributed by atoms with Crippen LogP contribution in [-0.4, -0.2) is 29.4 Å². The zero-order valence-electron chi connectivity index (χ0n) is 7.49. The van der Waals surface area contributed by atoms with Crippen LogP contribution in [0.5, 0.6) is 0 Å². The van der Waals surface area contributed by atoms with Crippen LogP contribution in [0.4, 0.5) is 0 Å². The summed E-state index contributed by atoms with van der Waals surface area (Å²) in [5, 5.41) is 0. The molecular weight excluding hydrogens is 152 g/mol. The molecule has 2 saturated heterocycles. The second kappa shape index (κ2) is 2.73. The summed E-state index contributed by atoms with van der Waals surface area (Å²) in [6.07, 6.45) is 3.40. The first-order valence-electron chi connectivity index (χ1n) is 4.71. The molecule has 3 rings (SSSR count). The summed E-state index contributed by atoms with van der Waals surface area (Å²) < 4.78 is 0. The van der Waals surface area contributed by atoms with Crippen LogP contribution in [0.25, 0.3) is 0 Å². The van der Waals surface area contributed by atoms with E-state index in [1.54, 1.807) is 6.92 Å². The number of piperidine rings is 2. The first-order valence-corrected chi connectivity index (χ1v) is 4.71. The van der Waals surface area contributed by atoms with Crippen LogP contribution in [-0.2, 0) is 4.79 Å². The third-order valence-electron chi connectivity index (χ3n) is 3.30. The lowest BCUT2D eigenvalue weighted by atomic mass is 9.76. The minimum absolute atomic E-state index is 0.219. The van der Waals surface area contributed by atoms with Crippen molar-refractivity contribution in [3.05, 3.63) is 0 Å². The van der Waals surface area contributed by atoms with Gasteiger partial charge in [-0.25, -0.2) is 0 Å². The summed E-state index contributed by atoms with van der Waals surface area (Å²) in [5.74, 6) is 0.788. The fourth-order valence-corrected chi connectivity index (χ4v) is 2.54. The Hall–Kier alpha value is -0.570. The molecule has 2 aliphatic heterocycles. The average Bonchev–Trinajstić information content (AvgIpc) is 2.04. The largest absolute Gasteiger partial charge is 0.340 e. The molecule has 3 fully saturated rings. The summed E-state index contributed by atoms with van der Waals surface area (Å²) in [7, 11) is 0. The highest BCUT2D eigenvalue weighted by molar-refractivity contribution is 5.73. The van der Waals surface area contributed by atoms with Crippen LogP contribution in [0, 0.1) is 5.92 Å². The van der Waals surface area contributed by atoms with Crippen LogP contribution in [0.3, 0.4) is 0 Å². The molecule has 0 spiro atoms. The van der Waals surface area contributed by atoms with Gasteiger partial charge in [-0.3, -0.25) is 4.79 Å². The van der Waals surface area contributed by atoms with Crippen LogP contribution in [0.1, 0.15) is 26.2 Å². The van der Waals surface area contributed by atoms with E-state index in [9.17, 15) is 4.79 Å². The van der Waals surface area contributed by atoms with E-state index >= 15 is 0 Å². The molecule has 3 heteroatoms. The summed E-state index contributed by atoms with van der Waals surface area (Å²) >= 11 is 0. The Morgan fingerprint density at radius 1 is 1.50 bits per heavy atom. The number of nitrogens with two attached hydrogens (primary N) is 1. The fourth-order valence-electron chi connectivity index (χ4n) is 2.54. The van der Waals surface area contributed by atoms with E-state index in [4.69, 9.17) is 5.73 Å². The van der Waals surface area contributed by atoms with Gasteiger partial charge in [-0.1, -0.05) is 0 Å². The topological polar surface area (TPSA) is 46.3 Å². The van der Waals surface area contributed by atoms with Gasteiger partial charge in [0, 0.05) is 25.6 Å². The second-order valence-electron chi connectivity index (χ2n) is 4.06. The van der Waals surface area contributed by atoms with Gasteiger partial charge < -0.3 is 10.6 Å². The van der Waals surface area contributed by atoms with Crippen molar-refractivity contribution in [3.8, 4) is 0 Å². The first kappa shape index (κ1) is 8.05. The van der Waals surface area contributed by atoms with Crippen LogP contribution in [0.2, 0.25) is 0 Å². The number of hydrogen-bond acceptors (Lipinski definition) is 2. The van der Waals surface area contributed by atoms with Gasteiger partial charge in [-0.15, -0.1) is 0 Å². The quantitative estimate of drug-likeness (QED) is 0.567. The Bertz CT molecular complexity index is 205. The van der Waals surface area contributed by atoms with Crippen LogP contribution >= 0.6 is 0 Å². The van der Waals surface area contributed by atoms with Gasteiger partial charge in [0.25, 0.3) is 0 Å². The molecule has 3 unspecified atom stereocenters. The van der Waals surface area contributed by atoms with Gasteiger partial charge in [0.2, 0.25) is 5.91 Å². The lowest BCUT2D eigenvalue weighted by Gasteiger charge is -2.48. The lowest BCUT2D eigenvalue weighted by molar-refractivity contribution is -0.136. The van der Waals surface area contributed by atoms with Crippen molar-refractivity contribution in [1.29, 1.82) is 0 Å². The maximum Gasteiger partial charge on any atom is 0.219 e. The monoisotopic (exact) mass is 168 g/mol. The highest BCUT2D eigenvalue weighted by Crippen LogP contribution is 2.33. The minimum atomic E-state index is 0.219. The summed E-state index contributed by atoms with van der Waals surface area (Å²) in [6, 6.07) is 0.793. The number of rotatable bonds is 0. The number of hydrogen-bond donors (Lipinski definition) is 1. The molecule has 2 bridgehead atoms. The van der Waals surface area contributed by atoms with Crippen molar-refractivity contribution in [2.24, 2.45) is 11.7 Å². The molecule has 0 aromatic heterocycles. The Morgan fingerprint density at radius 2 is 2.25 bits per heavy atom. The molecule has 0 aromatic carbocycles. The normalized spacial score (nSPS) is 40.2. The van der Waals surface area contributed by atoms with E-state index < -0.39 is 0 Å². The van der Waals surface area contributed by atoms with Gasteiger partial charge in [0.15, 0.2) is 0 Å². The number of nitrogens with zero attached hydrogens (tertiary/aromatic N) is 1. The molecular formula is C9H16N2O. The zero-order chi connectivity index (χ0) is 8.72. The van der Waals surface area contributed by atoms with Crippen molar-refractivity contribution in [2.45, 2.75) is 38.3 Å². The van der Waals surface area contributed by atoms with Crippen molar-refractivity contribution in [2.75, 3.05) is 6.54 Å². The molecule has 0 aromatic rings. The first-order chi connectivity index (χ1) is 5.68. The second-order valence-corrected chi connectivity index (χ2v) is 4.06. The third kappa shape index (κ3) is 1.12. The van der Waals surface area contributed by atoms with Gasteiger partial charge in [0.05, 0.1) is 0 Å². The predicted molar refractivity (Wildman–Crippen MR) is 46.5 cm³/mol. The van der Waals surface area contributed by atoms with Crippen LogP contribution in [0.15, 0.2) is 0 Å². The van der Waals surface area contributed by atoms with Gasteiger partial charge in [-0.2, -0.15) is 0 Å². The molecule has 0 radical (unpaired) electrons. The van der Waals surface area contributed by atoms with Crippen molar-refractivity contribution in [1.82, 2.24) is 4.90 Å². The molecule has 3 atom stereocenters. The molecule has 68 valence electrons. The molecule has 1 aliphatic carbocycles. The highest BCUT2D eigenvalue weighted by atomic mass is 16.2. The van der Waals surface area contributed by atoms with E-state index in [0.717, 1.165) is 19.4 Å². The summed E-state index contributed by atoms with van der Waals surface area (Å²) in [5.41, 5.74) is 5.94. The predicted octanol–water partition coefficient (Wildman–Crippen LogP) is 0.345. The zero-order valence-corrected chi connectivity index (χ0v) is 7.49. The van der Waals surface area contributed by atoms with Crippen molar-refractivity contribution in [3.63, 3.8) is 0 Å². The van der Waals surface area contributed by atoms with Gasteiger partial charge in [0.1, 0.15) is 0 Å². The number of fused-ring (bicyclic) bond motifs is 3. The smallest absolute Gasteiger partial charge is 0.219 e. The summed E-state index contributed by atoms with van der Waals surface area (Å²) in [6.45, 7) is 2.56. The van der Waals surface area contributed by atoms with E-state index in [0.29, 0.717) is 18.0 Å². The van der Waals surface area contributed by atoms with E-state index in [2.05, 4.69) is 0 Å². The fraction of sp³-hybridized carbons (Fsp3) is 0.889. The molecule has 1 amide bonds. The number of amides is 1. The highest BCUT2D eigenvalue weighted by Gasteiger charge is 2.39. The Morgan fingerprint density at radius 3 is 2.67 bits per heavy atom. The molecule has 12 heavy (non-hydrogen) atoms. The maximum atomic E-state index is 11.2. The minimum Gasteiger partial charge on any atom is -0.340 e. The Labute approximate surface area is 72.9 Å². The van der Waals surface area contributed by atoms with Crippen LogP contribution < -0.4 is 5.73 Å². The summed E-state index contributed by atoms with van der Waals surface area (Å²) in [4.78, 5) is 13.2. The van der Waals surface area contributed by atoms with E-state index in [-0.39, 0.29) is 5.91 Å². The number of carbonyl (C=O) groups is 1. The maximum absolute atomic E-state index is 11.2. The number of carbonyl (C=O) groups excluding carboxylic acids is 1. The SMILES string of the molecule is CC(=O)N1CC2CCC1CC2N. The molecule has 2 N–H and O–H groups in total. The third-order valence-corrected chi connectivity index (χ3v) is 3.30. The Balaban J connectivity index is 2.10. The molecule has 3 aliphatic rings. The molecule has 3 nitrogen and oxygen atoms in total. The lowest BCUT2D eigenvalue weighted by Crippen LogP contribution is -2.57. The Kier molecular flexibility index (Phi) is 1.83. The van der Waals surface area contributed by atoms with Gasteiger partial charge in [-0.05, 0) is 25.2 Å². The van der Waals surface area contributed by atoms with Crippen molar-refractivity contribution < 1.29 is 4.79 Å².